The molecule has 0 saturated carbocycles. The second-order valence-corrected chi connectivity index (χ2v) is 4.45. The van der Waals surface area contributed by atoms with Gasteiger partial charge >= 0.3 is 0 Å². The van der Waals surface area contributed by atoms with Gasteiger partial charge < -0.3 is 5.73 Å². The van der Waals surface area contributed by atoms with Gasteiger partial charge in [0, 0.05) is 23.4 Å². The number of hydrogen-bond donors (Lipinski definition) is 1. The van der Waals surface area contributed by atoms with Crippen LogP contribution in [0.15, 0.2) is 54.7 Å². The van der Waals surface area contributed by atoms with Crippen LogP contribution in [0.5, 0.6) is 0 Å². The molecule has 0 fully saturated rings. The van der Waals surface area contributed by atoms with E-state index in [0.29, 0.717) is 11.4 Å². The smallest absolute Gasteiger partial charge is 0.269 e. The molecule has 1 heterocycles. The molecule has 0 radical (unpaired) electrons. The van der Waals surface area contributed by atoms with E-state index in [1.54, 1.807) is 35.1 Å². The highest BCUT2D eigenvalue weighted by atomic mass is 16.6. The van der Waals surface area contributed by atoms with Crippen LogP contribution in [0.1, 0.15) is 0 Å². The Bertz CT molecular complexity index is 795. The van der Waals surface area contributed by atoms with E-state index in [1.165, 1.54) is 12.1 Å². The Kier molecular flexibility index (Phi) is 3.07. The minimum absolute atomic E-state index is 0.0435. The van der Waals surface area contributed by atoms with Crippen molar-refractivity contribution in [1.82, 2.24) is 15.0 Å². The molecule has 0 bridgehead atoms. The second-order valence-electron chi connectivity index (χ2n) is 4.45. The Morgan fingerprint density at radius 1 is 1.14 bits per heavy atom. The van der Waals surface area contributed by atoms with Crippen LogP contribution in [-0.2, 0) is 0 Å². The van der Waals surface area contributed by atoms with E-state index in [-0.39, 0.29) is 5.69 Å². The van der Waals surface area contributed by atoms with E-state index in [2.05, 4.69) is 10.3 Å². The molecule has 0 aliphatic heterocycles. The third-order valence-corrected chi connectivity index (χ3v) is 3.00. The summed E-state index contributed by atoms with van der Waals surface area (Å²) >= 11 is 0. The van der Waals surface area contributed by atoms with Gasteiger partial charge in [0.25, 0.3) is 5.69 Å². The number of aromatic nitrogens is 3. The van der Waals surface area contributed by atoms with Crippen molar-refractivity contribution in [2.45, 2.75) is 0 Å². The number of non-ortho nitro benzene ring substituents is 1. The number of anilines is 1. The normalized spacial score (nSPS) is 10.5. The van der Waals surface area contributed by atoms with Crippen molar-refractivity contribution in [3.05, 3.63) is 64.8 Å². The van der Waals surface area contributed by atoms with Gasteiger partial charge in [0.15, 0.2) is 0 Å². The van der Waals surface area contributed by atoms with Gasteiger partial charge in [-0.25, -0.2) is 4.68 Å². The van der Waals surface area contributed by atoms with Crippen molar-refractivity contribution in [2.75, 3.05) is 5.73 Å². The third-order valence-electron chi connectivity index (χ3n) is 3.00. The maximum absolute atomic E-state index is 10.6. The van der Waals surface area contributed by atoms with Crippen LogP contribution in [0, 0.1) is 10.1 Å². The molecule has 3 rings (SSSR count). The van der Waals surface area contributed by atoms with Crippen molar-refractivity contribution < 1.29 is 4.92 Å². The summed E-state index contributed by atoms with van der Waals surface area (Å²) in [6.45, 7) is 0. The molecule has 7 heteroatoms. The van der Waals surface area contributed by atoms with Gasteiger partial charge in [-0.3, -0.25) is 10.1 Å². The highest BCUT2D eigenvalue weighted by molar-refractivity contribution is 5.60. The molecule has 0 spiro atoms. The summed E-state index contributed by atoms with van der Waals surface area (Å²) in [4.78, 5) is 10.2. The summed E-state index contributed by atoms with van der Waals surface area (Å²) in [5, 5.41) is 18.7. The standard InChI is InChI=1S/C14H11N5O2/c15-11-2-1-3-13(8-11)18-9-14(16-17-18)10-4-6-12(7-5-10)19(20)21/h1-9H,15H2. The highest BCUT2D eigenvalue weighted by Gasteiger charge is 2.08. The average Bonchev–Trinajstić information content (AvgIpc) is 2.97. The lowest BCUT2D eigenvalue weighted by Crippen LogP contribution is -1.95. The molecular formula is C14H11N5O2. The quantitative estimate of drug-likeness (QED) is 0.451. The fourth-order valence-corrected chi connectivity index (χ4v) is 1.94. The SMILES string of the molecule is Nc1cccc(-n2cc(-c3ccc([N+](=O)[O-])cc3)nn2)c1. The Hall–Kier alpha value is -3.22. The summed E-state index contributed by atoms with van der Waals surface area (Å²) < 4.78 is 1.60. The van der Waals surface area contributed by atoms with E-state index in [9.17, 15) is 10.1 Å². The van der Waals surface area contributed by atoms with Gasteiger partial charge in [-0.05, 0) is 30.3 Å². The van der Waals surface area contributed by atoms with Crippen LogP contribution < -0.4 is 5.73 Å². The van der Waals surface area contributed by atoms with E-state index in [1.807, 2.05) is 12.1 Å². The monoisotopic (exact) mass is 281 g/mol. The highest BCUT2D eigenvalue weighted by Crippen LogP contribution is 2.21. The minimum Gasteiger partial charge on any atom is -0.399 e. The Balaban J connectivity index is 1.93. The Labute approximate surface area is 119 Å². The van der Waals surface area contributed by atoms with Crippen molar-refractivity contribution in [3.63, 3.8) is 0 Å². The molecule has 7 nitrogen and oxygen atoms in total. The number of nitrogens with two attached hydrogens (primary N) is 1. The first kappa shape index (κ1) is 12.8. The van der Waals surface area contributed by atoms with E-state index in [4.69, 9.17) is 5.73 Å². The van der Waals surface area contributed by atoms with Crippen LogP contribution in [0.4, 0.5) is 11.4 Å². The molecule has 1 aromatic heterocycles. The number of nitrogen functional groups attached to an aromatic ring is 1. The van der Waals surface area contributed by atoms with Crippen molar-refractivity contribution in [3.8, 4) is 16.9 Å². The van der Waals surface area contributed by atoms with Gasteiger partial charge in [-0.1, -0.05) is 11.3 Å². The fourth-order valence-electron chi connectivity index (χ4n) is 1.94. The van der Waals surface area contributed by atoms with Crippen molar-refractivity contribution in [1.29, 1.82) is 0 Å². The topological polar surface area (TPSA) is 99.9 Å². The maximum atomic E-state index is 10.6. The molecule has 0 aliphatic carbocycles. The number of rotatable bonds is 3. The third kappa shape index (κ3) is 2.57. The first-order chi connectivity index (χ1) is 10.1. The largest absolute Gasteiger partial charge is 0.399 e. The van der Waals surface area contributed by atoms with Crippen LogP contribution in [-0.4, -0.2) is 19.9 Å². The molecule has 3 aromatic rings. The summed E-state index contributed by atoms with van der Waals surface area (Å²) in [5.74, 6) is 0. The molecule has 0 atom stereocenters. The summed E-state index contributed by atoms with van der Waals surface area (Å²) in [6.07, 6.45) is 1.75. The lowest BCUT2D eigenvalue weighted by Gasteiger charge is -2.00. The van der Waals surface area contributed by atoms with E-state index < -0.39 is 4.92 Å². The predicted molar refractivity (Wildman–Crippen MR) is 77.9 cm³/mol. The van der Waals surface area contributed by atoms with Gasteiger partial charge in [0.05, 0.1) is 16.8 Å². The van der Waals surface area contributed by atoms with E-state index >= 15 is 0 Å². The predicted octanol–water partition coefficient (Wildman–Crippen LogP) is 2.42. The van der Waals surface area contributed by atoms with Gasteiger partial charge in [-0.2, -0.15) is 0 Å². The van der Waals surface area contributed by atoms with Crippen LogP contribution in [0.25, 0.3) is 16.9 Å². The molecule has 2 aromatic carbocycles. The lowest BCUT2D eigenvalue weighted by atomic mass is 10.1. The minimum atomic E-state index is -0.437. The first-order valence-electron chi connectivity index (χ1n) is 6.16. The molecule has 0 aliphatic rings. The van der Waals surface area contributed by atoms with Crippen molar-refractivity contribution >= 4 is 11.4 Å². The molecule has 0 unspecified atom stereocenters. The molecule has 104 valence electrons. The molecule has 2 N–H and O–H groups in total. The summed E-state index contributed by atoms with van der Waals surface area (Å²) in [6, 6.07) is 13.4. The molecule has 0 amide bonds. The van der Waals surface area contributed by atoms with E-state index in [0.717, 1.165) is 11.3 Å². The fraction of sp³-hybridized carbons (Fsp3) is 0. The summed E-state index contributed by atoms with van der Waals surface area (Å²) in [5.41, 5.74) is 8.61. The average molecular weight is 281 g/mol. The first-order valence-corrected chi connectivity index (χ1v) is 6.16. The number of hydrogen-bond acceptors (Lipinski definition) is 5. The zero-order valence-electron chi connectivity index (χ0n) is 10.9. The maximum Gasteiger partial charge on any atom is 0.269 e. The number of nitrogens with zero attached hydrogens (tertiary/aromatic N) is 4. The van der Waals surface area contributed by atoms with Crippen LogP contribution in [0.2, 0.25) is 0 Å². The molecule has 0 saturated heterocycles. The van der Waals surface area contributed by atoms with Gasteiger partial charge in [0.2, 0.25) is 0 Å². The van der Waals surface area contributed by atoms with Gasteiger partial charge in [0.1, 0.15) is 5.69 Å². The van der Waals surface area contributed by atoms with Crippen LogP contribution >= 0.6 is 0 Å². The molecule has 21 heavy (non-hydrogen) atoms. The number of nitro groups is 1. The van der Waals surface area contributed by atoms with Crippen molar-refractivity contribution in [2.24, 2.45) is 0 Å². The summed E-state index contributed by atoms with van der Waals surface area (Å²) in [7, 11) is 0. The van der Waals surface area contributed by atoms with Gasteiger partial charge in [-0.15, -0.1) is 5.10 Å². The number of benzene rings is 2. The zero-order chi connectivity index (χ0) is 14.8. The zero-order valence-corrected chi connectivity index (χ0v) is 10.9. The van der Waals surface area contributed by atoms with Crippen LogP contribution in [0.3, 0.4) is 0 Å². The number of nitro benzene ring substituents is 1. The Morgan fingerprint density at radius 2 is 1.90 bits per heavy atom. The Morgan fingerprint density at radius 3 is 2.57 bits per heavy atom. The second kappa shape index (κ2) is 5.04. The lowest BCUT2D eigenvalue weighted by molar-refractivity contribution is -0.384. The molecular weight excluding hydrogens is 270 g/mol.